The van der Waals surface area contributed by atoms with Gasteiger partial charge in [0.15, 0.2) is 5.11 Å². The summed E-state index contributed by atoms with van der Waals surface area (Å²) in [6, 6.07) is 10.2. The van der Waals surface area contributed by atoms with Crippen molar-refractivity contribution in [1.29, 1.82) is 0 Å². The van der Waals surface area contributed by atoms with Gasteiger partial charge in [0.25, 0.3) is 11.8 Å². The van der Waals surface area contributed by atoms with Crippen molar-refractivity contribution in [3.63, 3.8) is 0 Å². The standard InChI is InChI=1S/C17H19N3O3S2/c1-3-11(2)23-13-8-6-12(7-9-13)15(21)18-17(24)20-19-16(22)14-5-4-10-25-14/h4-11H,3H2,1-2H3,(H,19,22)(H2,18,20,21,24)/t11-/m0/s1. The summed E-state index contributed by atoms with van der Waals surface area (Å²) in [5.41, 5.74) is 5.36. The SMILES string of the molecule is CC[C@H](C)Oc1ccc(C(=O)NC(=S)NNC(=O)c2cccs2)cc1. The fourth-order valence-electron chi connectivity index (χ4n) is 1.79. The molecule has 1 aromatic carbocycles. The van der Waals surface area contributed by atoms with Crippen molar-refractivity contribution in [2.45, 2.75) is 26.4 Å². The van der Waals surface area contributed by atoms with Gasteiger partial charge in [0.05, 0.1) is 11.0 Å². The van der Waals surface area contributed by atoms with Gasteiger partial charge in [-0.05, 0) is 61.3 Å². The molecule has 0 saturated carbocycles. The van der Waals surface area contributed by atoms with Crippen molar-refractivity contribution in [2.75, 3.05) is 0 Å². The van der Waals surface area contributed by atoms with E-state index in [0.29, 0.717) is 16.2 Å². The number of hydrogen-bond acceptors (Lipinski definition) is 5. The van der Waals surface area contributed by atoms with Gasteiger partial charge in [0.1, 0.15) is 5.75 Å². The van der Waals surface area contributed by atoms with Crippen LogP contribution in [0.5, 0.6) is 5.75 Å². The van der Waals surface area contributed by atoms with Crippen LogP contribution in [0.15, 0.2) is 41.8 Å². The summed E-state index contributed by atoms with van der Waals surface area (Å²) in [5, 5.41) is 4.30. The number of hydrazine groups is 1. The van der Waals surface area contributed by atoms with Crippen LogP contribution in [0.1, 0.15) is 40.3 Å². The molecule has 0 fully saturated rings. The Balaban J connectivity index is 1.82. The molecule has 3 N–H and O–H groups in total. The fraction of sp³-hybridized carbons (Fsp3) is 0.235. The molecule has 25 heavy (non-hydrogen) atoms. The van der Waals surface area contributed by atoms with E-state index in [1.165, 1.54) is 11.3 Å². The van der Waals surface area contributed by atoms with Crippen LogP contribution in [0, 0.1) is 0 Å². The lowest BCUT2D eigenvalue weighted by Gasteiger charge is -2.13. The second kappa shape index (κ2) is 9.14. The third kappa shape index (κ3) is 5.84. The van der Waals surface area contributed by atoms with E-state index in [1.807, 2.05) is 13.8 Å². The van der Waals surface area contributed by atoms with E-state index in [-0.39, 0.29) is 23.0 Å². The zero-order valence-electron chi connectivity index (χ0n) is 13.9. The lowest BCUT2D eigenvalue weighted by atomic mass is 10.2. The number of thiophene rings is 1. The number of amides is 2. The zero-order chi connectivity index (χ0) is 18.2. The maximum Gasteiger partial charge on any atom is 0.279 e. The van der Waals surface area contributed by atoms with E-state index in [2.05, 4.69) is 16.2 Å². The highest BCUT2D eigenvalue weighted by atomic mass is 32.1. The minimum atomic E-state index is -0.377. The van der Waals surface area contributed by atoms with E-state index < -0.39 is 0 Å². The maximum absolute atomic E-state index is 12.1. The van der Waals surface area contributed by atoms with Crippen molar-refractivity contribution in [2.24, 2.45) is 0 Å². The fourth-order valence-corrected chi connectivity index (χ4v) is 2.55. The van der Waals surface area contributed by atoms with E-state index in [0.717, 1.165) is 6.42 Å². The molecule has 2 rings (SSSR count). The summed E-state index contributed by atoms with van der Waals surface area (Å²) >= 11 is 6.30. The van der Waals surface area contributed by atoms with Gasteiger partial charge < -0.3 is 4.74 Å². The second-order valence-electron chi connectivity index (χ2n) is 5.20. The molecule has 0 radical (unpaired) electrons. The molecule has 8 heteroatoms. The average molecular weight is 377 g/mol. The largest absolute Gasteiger partial charge is 0.491 e. The Bertz CT molecular complexity index is 730. The van der Waals surface area contributed by atoms with Gasteiger partial charge in [-0.1, -0.05) is 13.0 Å². The van der Waals surface area contributed by atoms with Gasteiger partial charge in [0, 0.05) is 5.56 Å². The van der Waals surface area contributed by atoms with Crippen molar-refractivity contribution in [1.82, 2.24) is 16.2 Å². The van der Waals surface area contributed by atoms with Crippen molar-refractivity contribution in [3.05, 3.63) is 52.2 Å². The predicted octanol–water partition coefficient (Wildman–Crippen LogP) is 2.87. The van der Waals surface area contributed by atoms with Crippen LogP contribution in [-0.2, 0) is 0 Å². The van der Waals surface area contributed by atoms with Crippen molar-refractivity contribution < 1.29 is 14.3 Å². The van der Waals surface area contributed by atoms with Crippen LogP contribution < -0.4 is 20.9 Å². The van der Waals surface area contributed by atoms with E-state index in [9.17, 15) is 9.59 Å². The quantitative estimate of drug-likeness (QED) is 0.552. The van der Waals surface area contributed by atoms with Crippen molar-refractivity contribution in [3.8, 4) is 5.75 Å². The van der Waals surface area contributed by atoms with Crippen LogP contribution in [0.25, 0.3) is 0 Å². The molecule has 1 aromatic heterocycles. The maximum atomic E-state index is 12.1. The van der Waals surface area contributed by atoms with Gasteiger partial charge in [0.2, 0.25) is 0 Å². The minimum Gasteiger partial charge on any atom is -0.491 e. The highest BCUT2D eigenvalue weighted by molar-refractivity contribution is 7.80. The molecule has 0 saturated heterocycles. The Labute approximate surface area is 155 Å². The molecule has 0 aliphatic heterocycles. The molecule has 0 unspecified atom stereocenters. The van der Waals surface area contributed by atoms with Crippen LogP contribution in [-0.4, -0.2) is 23.0 Å². The summed E-state index contributed by atoms with van der Waals surface area (Å²) in [7, 11) is 0. The number of hydrogen-bond donors (Lipinski definition) is 3. The molecule has 0 aliphatic rings. The number of benzene rings is 1. The number of thiocarbonyl (C=S) groups is 1. The molecule has 1 atom stereocenters. The van der Waals surface area contributed by atoms with Gasteiger partial charge in [-0.15, -0.1) is 11.3 Å². The lowest BCUT2D eigenvalue weighted by molar-refractivity contribution is 0.0938. The molecule has 0 bridgehead atoms. The summed E-state index contributed by atoms with van der Waals surface area (Å²) < 4.78 is 5.66. The Morgan fingerprint density at radius 2 is 1.88 bits per heavy atom. The number of ether oxygens (including phenoxy) is 1. The highest BCUT2D eigenvalue weighted by Crippen LogP contribution is 2.14. The van der Waals surface area contributed by atoms with Gasteiger partial charge in [-0.2, -0.15) is 0 Å². The molecule has 2 amide bonds. The number of carbonyl (C=O) groups excluding carboxylic acids is 2. The highest BCUT2D eigenvalue weighted by Gasteiger charge is 2.10. The first-order chi connectivity index (χ1) is 12.0. The smallest absolute Gasteiger partial charge is 0.279 e. The Morgan fingerprint density at radius 3 is 2.48 bits per heavy atom. The first kappa shape index (κ1) is 18.9. The Morgan fingerprint density at radius 1 is 1.16 bits per heavy atom. The lowest BCUT2D eigenvalue weighted by Crippen LogP contribution is -2.48. The average Bonchev–Trinajstić information content (AvgIpc) is 3.14. The summed E-state index contributed by atoms with van der Waals surface area (Å²) in [6.07, 6.45) is 1.02. The van der Waals surface area contributed by atoms with Crippen LogP contribution in [0.4, 0.5) is 0 Å². The molecule has 1 heterocycles. The minimum absolute atomic E-state index is 0.00911. The Hall–Kier alpha value is -2.45. The number of carbonyl (C=O) groups is 2. The first-order valence-corrected chi connectivity index (χ1v) is 9.00. The van der Waals surface area contributed by atoms with Crippen LogP contribution in [0.2, 0.25) is 0 Å². The normalized spacial score (nSPS) is 11.3. The number of nitrogens with one attached hydrogen (secondary N) is 3. The zero-order valence-corrected chi connectivity index (χ0v) is 15.5. The van der Waals surface area contributed by atoms with Crippen molar-refractivity contribution >= 4 is 40.5 Å². The predicted molar refractivity (Wildman–Crippen MR) is 102 cm³/mol. The van der Waals surface area contributed by atoms with Gasteiger partial charge in [-0.25, -0.2) is 0 Å². The third-order valence-electron chi connectivity index (χ3n) is 3.29. The first-order valence-electron chi connectivity index (χ1n) is 7.71. The second-order valence-corrected chi connectivity index (χ2v) is 6.56. The monoisotopic (exact) mass is 377 g/mol. The van der Waals surface area contributed by atoms with E-state index in [1.54, 1.807) is 41.8 Å². The summed E-state index contributed by atoms with van der Waals surface area (Å²) in [4.78, 5) is 24.4. The molecule has 132 valence electrons. The molecule has 2 aromatic rings. The van der Waals surface area contributed by atoms with E-state index >= 15 is 0 Å². The van der Waals surface area contributed by atoms with Crippen LogP contribution >= 0.6 is 23.6 Å². The van der Waals surface area contributed by atoms with Gasteiger partial charge >= 0.3 is 0 Å². The van der Waals surface area contributed by atoms with Gasteiger partial charge in [-0.3, -0.25) is 25.8 Å². The molecule has 0 spiro atoms. The number of rotatable bonds is 5. The summed E-state index contributed by atoms with van der Waals surface area (Å²) in [5.74, 6) is 0.00548. The van der Waals surface area contributed by atoms with Crippen LogP contribution in [0.3, 0.4) is 0 Å². The molecule has 6 nitrogen and oxygen atoms in total. The Kier molecular flexibility index (Phi) is 6.91. The molecular weight excluding hydrogens is 358 g/mol. The topological polar surface area (TPSA) is 79.5 Å². The molecular formula is C17H19N3O3S2. The summed E-state index contributed by atoms with van der Waals surface area (Å²) in [6.45, 7) is 4.02. The third-order valence-corrected chi connectivity index (χ3v) is 4.36. The van der Waals surface area contributed by atoms with E-state index in [4.69, 9.17) is 17.0 Å². The molecule has 0 aliphatic carbocycles.